The van der Waals surface area contributed by atoms with Crippen LogP contribution in [-0.4, -0.2) is 79.0 Å². The highest BCUT2D eigenvalue weighted by atomic mass is 16.2. The molecule has 2 fully saturated rings. The van der Waals surface area contributed by atoms with Gasteiger partial charge in [-0.3, -0.25) is 14.6 Å². The van der Waals surface area contributed by atoms with Gasteiger partial charge in [-0.05, 0) is 19.8 Å². The number of likely N-dealkylation sites (tertiary alicyclic amines) is 1. The molecule has 1 unspecified atom stereocenters. The van der Waals surface area contributed by atoms with Crippen molar-refractivity contribution in [2.24, 2.45) is 5.73 Å². The molecule has 5 heteroatoms. The van der Waals surface area contributed by atoms with Crippen LogP contribution in [0.1, 0.15) is 19.8 Å². The van der Waals surface area contributed by atoms with Crippen molar-refractivity contribution in [1.82, 2.24) is 14.7 Å². The van der Waals surface area contributed by atoms with Crippen molar-refractivity contribution in [3.05, 3.63) is 0 Å². The Morgan fingerprint density at radius 3 is 2.28 bits per heavy atom. The maximum atomic E-state index is 12.3. The summed E-state index contributed by atoms with van der Waals surface area (Å²) in [4.78, 5) is 19.0. The second-order valence-corrected chi connectivity index (χ2v) is 5.37. The van der Waals surface area contributed by atoms with E-state index in [9.17, 15) is 4.79 Å². The normalized spacial score (nSPS) is 24.4. The van der Waals surface area contributed by atoms with E-state index in [1.807, 2.05) is 4.90 Å². The van der Waals surface area contributed by atoms with Crippen molar-refractivity contribution in [1.29, 1.82) is 0 Å². The molecule has 2 rings (SSSR count). The van der Waals surface area contributed by atoms with Gasteiger partial charge in [0.05, 0.1) is 6.04 Å². The fourth-order valence-corrected chi connectivity index (χ4v) is 2.91. The van der Waals surface area contributed by atoms with E-state index in [-0.39, 0.29) is 6.04 Å². The van der Waals surface area contributed by atoms with Crippen molar-refractivity contribution in [3.8, 4) is 0 Å². The van der Waals surface area contributed by atoms with Crippen LogP contribution in [0.25, 0.3) is 0 Å². The fraction of sp³-hybridized carbons (Fsp3) is 0.923. The molecule has 0 aromatic carbocycles. The van der Waals surface area contributed by atoms with Crippen LogP contribution in [0, 0.1) is 0 Å². The number of hydrogen-bond donors (Lipinski definition) is 1. The van der Waals surface area contributed by atoms with Gasteiger partial charge in [-0.1, -0.05) is 0 Å². The topological polar surface area (TPSA) is 52.8 Å². The summed E-state index contributed by atoms with van der Waals surface area (Å²) in [7, 11) is 0. The average molecular weight is 254 g/mol. The van der Waals surface area contributed by atoms with Gasteiger partial charge in [-0.15, -0.1) is 0 Å². The van der Waals surface area contributed by atoms with E-state index in [1.54, 1.807) is 0 Å². The summed E-state index contributed by atoms with van der Waals surface area (Å²) in [6, 6.07) is 0.0446. The molecule has 2 aliphatic heterocycles. The third-order valence-corrected chi connectivity index (χ3v) is 4.18. The number of carbonyl (C=O) groups excluding carboxylic acids is 1. The summed E-state index contributed by atoms with van der Waals surface area (Å²) in [5.41, 5.74) is 5.57. The van der Waals surface area contributed by atoms with Gasteiger partial charge in [-0.25, -0.2) is 0 Å². The van der Waals surface area contributed by atoms with Crippen LogP contribution in [0.2, 0.25) is 0 Å². The van der Waals surface area contributed by atoms with Crippen LogP contribution in [-0.2, 0) is 4.79 Å². The average Bonchev–Trinajstić information content (AvgIpc) is 2.92. The number of nitrogens with two attached hydrogens (primary N) is 1. The second-order valence-electron chi connectivity index (χ2n) is 5.37. The van der Waals surface area contributed by atoms with Gasteiger partial charge < -0.3 is 10.6 Å². The third-order valence-electron chi connectivity index (χ3n) is 4.18. The standard InChI is InChI=1S/C13H26N4O/c1-12(13(18)17-5-2-3-6-17)16-10-8-15(7-4-14)9-11-16/h12H,2-11,14H2,1H3. The van der Waals surface area contributed by atoms with E-state index in [0.29, 0.717) is 5.91 Å². The lowest BCUT2D eigenvalue weighted by atomic mass is 10.2. The van der Waals surface area contributed by atoms with Crippen LogP contribution in [0.4, 0.5) is 0 Å². The molecular formula is C13H26N4O. The molecule has 18 heavy (non-hydrogen) atoms. The molecule has 5 nitrogen and oxygen atoms in total. The van der Waals surface area contributed by atoms with Crippen molar-refractivity contribution in [2.75, 3.05) is 52.4 Å². The first-order chi connectivity index (χ1) is 8.72. The molecule has 2 N–H and O–H groups in total. The maximum Gasteiger partial charge on any atom is 0.239 e. The quantitative estimate of drug-likeness (QED) is 0.740. The number of amides is 1. The molecule has 1 atom stereocenters. The minimum absolute atomic E-state index is 0.0446. The van der Waals surface area contributed by atoms with Gasteiger partial charge >= 0.3 is 0 Å². The molecule has 0 bridgehead atoms. The van der Waals surface area contributed by atoms with Gasteiger partial charge in [0.1, 0.15) is 0 Å². The first-order valence-electron chi connectivity index (χ1n) is 7.17. The summed E-state index contributed by atoms with van der Waals surface area (Å²) in [5, 5.41) is 0. The number of piperazine rings is 1. The van der Waals surface area contributed by atoms with Gasteiger partial charge in [0.2, 0.25) is 5.91 Å². The number of nitrogens with zero attached hydrogens (tertiary/aromatic N) is 3. The zero-order valence-corrected chi connectivity index (χ0v) is 11.5. The van der Waals surface area contributed by atoms with Crippen molar-refractivity contribution < 1.29 is 4.79 Å². The summed E-state index contributed by atoms with van der Waals surface area (Å²) in [5.74, 6) is 0.319. The zero-order chi connectivity index (χ0) is 13.0. The molecule has 0 aromatic heterocycles. The van der Waals surface area contributed by atoms with E-state index in [4.69, 9.17) is 5.73 Å². The van der Waals surface area contributed by atoms with Crippen LogP contribution in [0.15, 0.2) is 0 Å². The van der Waals surface area contributed by atoms with Gasteiger partial charge in [0.15, 0.2) is 0 Å². The van der Waals surface area contributed by atoms with Gasteiger partial charge in [0, 0.05) is 52.4 Å². The molecule has 104 valence electrons. The molecule has 2 saturated heterocycles. The minimum Gasteiger partial charge on any atom is -0.341 e. The molecule has 0 radical (unpaired) electrons. The van der Waals surface area contributed by atoms with E-state index in [1.165, 1.54) is 12.8 Å². The minimum atomic E-state index is 0.0446. The number of rotatable bonds is 4. The first kappa shape index (κ1) is 13.8. The molecule has 0 aromatic rings. The van der Waals surface area contributed by atoms with E-state index in [2.05, 4.69) is 16.7 Å². The Morgan fingerprint density at radius 1 is 1.11 bits per heavy atom. The highest BCUT2D eigenvalue weighted by Crippen LogP contribution is 2.13. The summed E-state index contributed by atoms with van der Waals surface area (Å²) in [6.45, 7) is 9.71. The Hall–Kier alpha value is -0.650. The van der Waals surface area contributed by atoms with E-state index < -0.39 is 0 Å². The highest BCUT2D eigenvalue weighted by Gasteiger charge is 2.29. The summed E-state index contributed by atoms with van der Waals surface area (Å²) >= 11 is 0. The van der Waals surface area contributed by atoms with E-state index in [0.717, 1.165) is 52.4 Å². The predicted molar refractivity (Wildman–Crippen MR) is 72.3 cm³/mol. The molecule has 2 aliphatic rings. The highest BCUT2D eigenvalue weighted by molar-refractivity contribution is 5.81. The van der Waals surface area contributed by atoms with Crippen molar-refractivity contribution in [2.45, 2.75) is 25.8 Å². The zero-order valence-electron chi connectivity index (χ0n) is 11.5. The third kappa shape index (κ3) is 3.22. The Morgan fingerprint density at radius 2 is 1.72 bits per heavy atom. The smallest absolute Gasteiger partial charge is 0.239 e. The molecule has 0 saturated carbocycles. The largest absolute Gasteiger partial charge is 0.341 e. The van der Waals surface area contributed by atoms with Crippen LogP contribution < -0.4 is 5.73 Å². The Bertz CT molecular complexity index is 270. The van der Waals surface area contributed by atoms with Gasteiger partial charge in [-0.2, -0.15) is 0 Å². The van der Waals surface area contributed by atoms with Crippen LogP contribution >= 0.6 is 0 Å². The Kier molecular flexibility index (Phi) is 4.97. The molecule has 0 aliphatic carbocycles. The summed E-state index contributed by atoms with van der Waals surface area (Å²) < 4.78 is 0. The lowest BCUT2D eigenvalue weighted by Crippen LogP contribution is -2.54. The molecule has 2 heterocycles. The Balaban J connectivity index is 1.79. The van der Waals surface area contributed by atoms with E-state index >= 15 is 0 Å². The first-order valence-corrected chi connectivity index (χ1v) is 7.17. The molecule has 1 amide bonds. The fourth-order valence-electron chi connectivity index (χ4n) is 2.91. The van der Waals surface area contributed by atoms with Gasteiger partial charge in [0.25, 0.3) is 0 Å². The SMILES string of the molecule is CC(C(=O)N1CCCC1)N1CCN(CCN)CC1. The van der Waals surface area contributed by atoms with Crippen molar-refractivity contribution in [3.63, 3.8) is 0 Å². The number of hydrogen-bond acceptors (Lipinski definition) is 4. The number of carbonyl (C=O) groups is 1. The lowest BCUT2D eigenvalue weighted by Gasteiger charge is -2.38. The van der Waals surface area contributed by atoms with Crippen LogP contribution in [0.5, 0.6) is 0 Å². The van der Waals surface area contributed by atoms with Crippen LogP contribution in [0.3, 0.4) is 0 Å². The molecule has 0 spiro atoms. The van der Waals surface area contributed by atoms with Crippen molar-refractivity contribution >= 4 is 5.91 Å². The monoisotopic (exact) mass is 254 g/mol. The second kappa shape index (κ2) is 6.50. The maximum absolute atomic E-state index is 12.3. The Labute approximate surface area is 110 Å². The lowest BCUT2D eigenvalue weighted by molar-refractivity contribution is -0.136. The molecular weight excluding hydrogens is 228 g/mol. The summed E-state index contributed by atoms with van der Waals surface area (Å²) in [6.07, 6.45) is 2.34. The predicted octanol–water partition coefficient (Wildman–Crippen LogP) is -0.426.